The predicted molar refractivity (Wildman–Crippen MR) is 130 cm³/mol. The summed E-state index contributed by atoms with van der Waals surface area (Å²) < 4.78 is 57.5. The lowest BCUT2D eigenvalue weighted by Crippen LogP contribution is -2.29. The second kappa shape index (κ2) is 9.73. The van der Waals surface area contributed by atoms with Crippen molar-refractivity contribution in [1.29, 1.82) is 0 Å². The van der Waals surface area contributed by atoms with Gasteiger partial charge in [0.05, 0.1) is 0 Å². The normalized spacial score (nSPS) is 10.8. The molecular formula is C22H14F4I2N2O2. The van der Waals surface area contributed by atoms with Gasteiger partial charge in [0, 0.05) is 32.4 Å². The van der Waals surface area contributed by atoms with Gasteiger partial charge in [0.2, 0.25) is 0 Å². The molecule has 32 heavy (non-hydrogen) atoms. The van der Waals surface area contributed by atoms with Crippen LogP contribution in [0.25, 0.3) is 0 Å². The smallest absolute Gasteiger partial charge is 0.258 e. The van der Waals surface area contributed by atoms with E-state index in [1.54, 1.807) is 45.2 Å². The van der Waals surface area contributed by atoms with Gasteiger partial charge in [0.15, 0.2) is 23.3 Å². The van der Waals surface area contributed by atoms with Gasteiger partial charge in [-0.3, -0.25) is 9.59 Å². The van der Waals surface area contributed by atoms with Crippen LogP contribution in [0.1, 0.15) is 20.7 Å². The van der Waals surface area contributed by atoms with Gasteiger partial charge >= 0.3 is 0 Å². The van der Waals surface area contributed by atoms with Crippen LogP contribution in [0.3, 0.4) is 0 Å². The predicted octanol–water partition coefficient (Wildman–Crippen LogP) is 6.01. The Labute approximate surface area is 208 Å². The minimum absolute atomic E-state index is 0.0654. The Balaban J connectivity index is 1.85. The van der Waals surface area contributed by atoms with Crippen molar-refractivity contribution in [2.75, 3.05) is 23.9 Å². The summed E-state index contributed by atoms with van der Waals surface area (Å²) in [6, 6.07) is 9.58. The molecule has 3 rings (SSSR count). The SMILES string of the molecule is CN(C(=O)c1ccc(C(=O)N(C)c2c(F)cc(I)cc2F)cc1)c1c(F)cc(I)cc1F. The lowest BCUT2D eigenvalue weighted by molar-refractivity contribution is 0.0980. The monoisotopic (exact) mass is 668 g/mol. The number of hydrogen-bond donors (Lipinski definition) is 0. The van der Waals surface area contributed by atoms with Crippen molar-refractivity contribution in [3.8, 4) is 0 Å². The maximum atomic E-state index is 14.2. The van der Waals surface area contributed by atoms with Gasteiger partial charge in [0.25, 0.3) is 11.8 Å². The second-order valence-corrected chi connectivity index (χ2v) is 9.23. The molecule has 0 aliphatic heterocycles. The first-order chi connectivity index (χ1) is 15.0. The first-order valence-corrected chi connectivity index (χ1v) is 11.1. The van der Waals surface area contributed by atoms with Crippen molar-refractivity contribution in [1.82, 2.24) is 0 Å². The van der Waals surface area contributed by atoms with Crippen LogP contribution >= 0.6 is 45.2 Å². The van der Waals surface area contributed by atoms with Gasteiger partial charge in [-0.15, -0.1) is 0 Å². The van der Waals surface area contributed by atoms with Crippen molar-refractivity contribution in [3.63, 3.8) is 0 Å². The Morgan fingerprint density at radius 2 is 0.875 bits per heavy atom. The van der Waals surface area contributed by atoms with E-state index in [-0.39, 0.29) is 11.1 Å². The molecule has 0 bridgehead atoms. The van der Waals surface area contributed by atoms with E-state index < -0.39 is 46.5 Å². The molecular weight excluding hydrogens is 654 g/mol. The molecule has 0 unspecified atom stereocenters. The Bertz CT molecular complexity index is 1080. The molecule has 10 heteroatoms. The molecule has 0 aliphatic rings. The molecule has 0 saturated heterocycles. The Hall–Kier alpha value is -2.22. The van der Waals surface area contributed by atoms with E-state index in [1.807, 2.05) is 0 Å². The van der Waals surface area contributed by atoms with Crippen LogP contribution in [0.4, 0.5) is 28.9 Å². The number of carbonyl (C=O) groups excluding carboxylic acids is 2. The van der Waals surface area contributed by atoms with Gasteiger partial charge in [-0.25, -0.2) is 17.6 Å². The number of carbonyl (C=O) groups is 2. The molecule has 0 heterocycles. The lowest BCUT2D eigenvalue weighted by atomic mass is 10.1. The summed E-state index contributed by atoms with van der Waals surface area (Å²) in [4.78, 5) is 27.0. The van der Waals surface area contributed by atoms with E-state index in [9.17, 15) is 27.2 Å². The van der Waals surface area contributed by atoms with Crippen LogP contribution in [0.2, 0.25) is 0 Å². The van der Waals surface area contributed by atoms with Gasteiger partial charge in [-0.2, -0.15) is 0 Å². The van der Waals surface area contributed by atoms with Crippen molar-refractivity contribution >= 4 is 68.4 Å². The Morgan fingerprint density at radius 3 is 1.12 bits per heavy atom. The van der Waals surface area contributed by atoms with Gasteiger partial charge in [-0.05, 0) is 93.7 Å². The summed E-state index contributed by atoms with van der Waals surface area (Å²) in [5.41, 5.74) is -0.869. The van der Waals surface area contributed by atoms with Crippen LogP contribution in [0.15, 0.2) is 48.5 Å². The number of nitrogens with zero attached hydrogens (tertiary/aromatic N) is 2. The first kappa shape index (κ1) is 24.4. The molecule has 166 valence electrons. The third-order valence-corrected chi connectivity index (χ3v) is 5.87. The Kier molecular flexibility index (Phi) is 7.43. The third kappa shape index (κ3) is 4.90. The number of anilines is 2. The van der Waals surface area contributed by atoms with E-state index in [0.717, 1.165) is 34.1 Å². The highest BCUT2D eigenvalue weighted by atomic mass is 127. The van der Waals surface area contributed by atoms with Crippen molar-refractivity contribution in [3.05, 3.63) is 90.1 Å². The van der Waals surface area contributed by atoms with Gasteiger partial charge < -0.3 is 9.80 Å². The maximum Gasteiger partial charge on any atom is 0.258 e. The zero-order valence-electron chi connectivity index (χ0n) is 16.6. The van der Waals surface area contributed by atoms with Crippen LogP contribution in [0, 0.1) is 30.4 Å². The summed E-state index contributed by atoms with van der Waals surface area (Å²) in [6.45, 7) is 0. The van der Waals surface area contributed by atoms with E-state index in [0.29, 0.717) is 7.14 Å². The average Bonchev–Trinajstić information content (AvgIpc) is 2.71. The molecule has 0 atom stereocenters. The molecule has 0 spiro atoms. The fourth-order valence-corrected chi connectivity index (χ4v) is 4.15. The highest BCUT2D eigenvalue weighted by Crippen LogP contribution is 2.28. The van der Waals surface area contributed by atoms with E-state index in [1.165, 1.54) is 38.4 Å². The minimum atomic E-state index is -0.889. The molecule has 0 radical (unpaired) electrons. The molecule has 0 aliphatic carbocycles. The van der Waals surface area contributed by atoms with Crippen LogP contribution in [0.5, 0.6) is 0 Å². The number of halogens is 6. The lowest BCUT2D eigenvalue weighted by Gasteiger charge is -2.20. The van der Waals surface area contributed by atoms with Gasteiger partial charge in [0.1, 0.15) is 11.4 Å². The minimum Gasteiger partial charge on any atom is -0.306 e. The molecule has 2 amide bonds. The highest BCUT2D eigenvalue weighted by molar-refractivity contribution is 14.1. The number of hydrogen-bond acceptors (Lipinski definition) is 2. The van der Waals surface area contributed by atoms with Gasteiger partial charge in [-0.1, -0.05) is 0 Å². The fraction of sp³-hybridized carbons (Fsp3) is 0.0909. The van der Waals surface area contributed by atoms with E-state index >= 15 is 0 Å². The standard InChI is InChI=1S/C22H14F4I2N2O2/c1-29(19-15(23)7-13(27)8-16(19)24)21(31)11-3-5-12(6-4-11)22(32)30(2)20-17(25)9-14(28)10-18(20)26/h3-10H,1-2H3. The highest BCUT2D eigenvalue weighted by Gasteiger charge is 2.24. The summed E-state index contributed by atoms with van der Waals surface area (Å²) in [6.07, 6.45) is 0. The average molecular weight is 668 g/mol. The van der Waals surface area contributed by atoms with E-state index in [2.05, 4.69) is 0 Å². The first-order valence-electron chi connectivity index (χ1n) is 8.96. The summed E-state index contributed by atoms with van der Waals surface area (Å²) in [7, 11) is 2.46. The second-order valence-electron chi connectivity index (χ2n) is 6.74. The molecule has 0 saturated carbocycles. The maximum absolute atomic E-state index is 14.2. The van der Waals surface area contributed by atoms with Crippen LogP contribution in [-0.4, -0.2) is 25.9 Å². The fourth-order valence-electron chi connectivity index (χ4n) is 3.06. The molecule has 0 aromatic heterocycles. The van der Waals surface area contributed by atoms with Crippen LogP contribution < -0.4 is 9.80 Å². The van der Waals surface area contributed by atoms with Crippen molar-refractivity contribution in [2.45, 2.75) is 0 Å². The number of rotatable bonds is 4. The molecule has 0 fully saturated rings. The van der Waals surface area contributed by atoms with Crippen LogP contribution in [-0.2, 0) is 0 Å². The number of amides is 2. The molecule has 4 nitrogen and oxygen atoms in total. The molecule has 3 aromatic carbocycles. The quantitative estimate of drug-likeness (QED) is 0.253. The Morgan fingerprint density at radius 1 is 0.625 bits per heavy atom. The summed E-state index contributed by atoms with van der Waals surface area (Å²) in [5.74, 6) is -4.96. The number of benzene rings is 3. The largest absolute Gasteiger partial charge is 0.306 e. The van der Waals surface area contributed by atoms with Crippen molar-refractivity contribution in [2.24, 2.45) is 0 Å². The zero-order valence-corrected chi connectivity index (χ0v) is 20.9. The molecule has 0 N–H and O–H groups in total. The summed E-state index contributed by atoms with van der Waals surface area (Å²) in [5, 5.41) is 0. The topological polar surface area (TPSA) is 40.6 Å². The zero-order chi connectivity index (χ0) is 23.7. The summed E-state index contributed by atoms with van der Waals surface area (Å²) >= 11 is 3.52. The molecule has 3 aromatic rings. The van der Waals surface area contributed by atoms with Crippen molar-refractivity contribution < 1.29 is 27.2 Å². The van der Waals surface area contributed by atoms with E-state index in [4.69, 9.17) is 0 Å². The third-order valence-electron chi connectivity index (χ3n) is 4.62.